The van der Waals surface area contributed by atoms with Gasteiger partial charge in [-0.2, -0.15) is 0 Å². The first-order valence-corrected chi connectivity index (χ1v) is 9.81. The lowest BCUT2D eigenvalue weighted by atomic mass is 10.1. The predicted octanol–water partition coefficient (Wildman–Crippen LogP) is 5.42. The summed E-state index contributed by atoms with van der Waals surface area (Å²) in [6.45, 7) is 3.80. The van der Waals surface area contributed by atoms with E-state index in [9.17, 15) is 9.18 Å². The van der Waals surface area contributed by atoms with Crippen molar-refractivity contribution in [2.45, 2.75) is 26.3 Å². The maximum Gasteiger partial charge on any atom is 0.225 e. The van der Waals surface area contributed by atoms with Crippen LogP contribution in [0.2, 0.25) is 0 Å². The lowest BCUT2D eigenvalue weighted by Crippen LogP contribution is -2.27. The van der Waals surface area contributed by atoms with Gasteiger partial charge in [0.15, 0.2) is 0 Å². The van der Waals surface area contributed by atoms with E-state index in [-0.39, 0.29) is 24.2 Å². The summed E-state index contributed by atoms with van der Waals surface area (Å²) in [6.07, 6.45) is 0.211. The van der Waals surface area contributed by atoms with Crippen molar-refractivity contribution >= 4 is 28.2 Å². The van der Waals surface area contributed by atoms with Gasteiger partial charge in [0, 0.05) is 15.8 Å². The minimum absolute atomic E-state index is 0.111. The zero-order valence-electron chi connectivity index (χ0n) is 15.5. The summed E-state index contributed by atoms with van der Waals surface area (Å²) >= 11 is 1.48. The van der Waals surface area contributed by atoms with Crippen LogP contribution in [0.4, 0.5) is 4.39 Å². The Morgan fingerprint density at radius 1 is 1.21 bits per heavy atom. The molecule has 1 unspecified atom stereocenters. The number of hydrogen-bond donors (Lipinski definition) is 1. The molecule has 6 heteroatoms. The summed E-state index contributed by atoms with van der Waals surface area (Å²) in [5.74, 6) is 0.309. The number of furan rings is 1. The number of nitrogens with one attached hydrogen (secondary N) is 1. The molecule has 0 aliphatic rings. The number of fused-ring (bicyclic) bond motifs is 1. The molecule has 142 valence electrons. The number of carbonyl (C=O) groups is 1. The van der Waals surface area contributed by atoms with E-state index in [1.54, 1.807) is 12.1 Å². The summed E-state index contributed by atoms with van der Waals surface area (Å²) in [7, 11) is 0. The standard InChI is InChI=1S/C22H19FN2O2S/c1-13(19-11-16-5-3-4-6-18(16)27-19)24-21(26)12-20-22(25-14(2)28-20)15-7-9-17(23)10-8-15/h3-11,13H,12H2,1-2H3,(H,24,26). The van der Waals surface area contributed by atoms with Crippen LogP contribution in [0, 0.1) is 12.7 Å². The summed E-state index contributed by atoms with van der Waals surface area (Å²) in [6, 6.07) is 15.6. The topological polar surface area (TPSA) is 55.1 Å². The second kappa shape index (κ2) is 7.56. The molecule has 0 aliphatic heterocycles. The molecule has 0 saturated heterocycles. The largest absolute Gasteiger partial charge is 0.459 e. The summed E-state index contributed by atoms with van der Waals surface area (Å²) in [5, 5.41) is 4.87. The fraction of sp³-hybridized carbons (Fsp3) is 0.182. The molecule has 4 aromatic rings. The number of benzene rings is 2. The monoisotopic (exact) mass is 394 g/mol. The summed E-state index contributed by atoms with van der Waals surface area (Å²) in [4.78, 5) is 18.0. The molecule has 0 bridgehead atoms. The number of halogens is 1. The van der Waals surface area contributed by atoms with Gasteiger partial charge >= 0.3 is 0 Å². The van der Waals surface area contributed by atoms with Crippen LogP contribution in [0.1, 0.15) is 28.6 Å². The molecule has 0 radical (unpaired) electrons. The van der Waals surface area contributed by atoms with Crippen molar-refractivity contribution < 1.29 is 13.6 Å². The van der Waals surface area contributed by atoms with Crippen molar-refractivity contribution in [1.29, 1.82) is 0 Å². The molecular weight excluding hydrogens is 375 g/mol. The number of rotatable bonds is 5. The van der Waals surface area contributed by atoms with Crippen LogP contribution in [0.5, 0.6) is 0 Å². The van der Waals surface area contributed by atoms with Crippen molar-refractivity contribution in [3.8, 4) is 11.3 Å². The first-order chi connectivity index (χ1) is 13.5. The predicted molar refractivity (Wildman–Crippen MR) is 109 cm³/mol. The zero-order valence-corrected chi connectivity index (χ0v) is 16.3. The molecule has 0 aliphatic carbocycles. The van der Waals surface area contributed by atoms with Crippen molar-refractivity contribution in [3.63, 3.8) is 0 Å². The first-order valence-electron chi connectivity index (χ1n) is 8.99. The quantitative estimate of drug-likeness (QED) is 0.491. The first kappa shape index (κ1) is 18.4. The molecule has 2 heterocycles. The van der Waals surface area contributed by atoms with Crippen LogP contribution in [-0.4, -0.2) is 10.9 Å². The third kappa shape index (κ3) is 3.82. The highest BCUT2D eigenvalue weighted by Gasteiger charge is 2.18. The van der Waals surface area contributed by atoms with E-state index in [4.69, 9.17) is 4.42 Å². The van der Waals surface area contributed by atoms with Gasteiger partial charge in [0.2, 0.25) is 5.91 Å². The normalized spacial score (nSPS) is 12.2. The van der Waals surface area contributed by atoms with E-state index in [1.165, 1.54) is 23.5 Å². The Morgan fingerprint density at radius 3 is 2.71 bits per heavy atom. The summed E-state index contributed by atoms with van der Waals surface area (Å²) in [5.41, 5.74) is 2.34. The third-order valence-corrected chi connectivity index (χ3v) is 5.46. The number of para-hydroxylation sites is 1. The second-order valence-corrected chi connectivity index (χ2v) is 7.95. The Hall–Kier alpha value is -2.99. The van der Waals surface area contributed by atoms with Crippen molar-refractivity contribution in [1.82, 2.24) is 10.3 Å². The molecule has 1 N–H and O–H groups in total. The lowest BCUT2D eigenvalue weighted by Gasteiger charge is -2.11. The number of aromatic nitrogens is 1. The van der Waals surface area contributed by atoms with Gasteiger partial charge in [0.1, 0.15) is 17.2 Å². The van der Waals surface area contributed by atoms with Gasteiger partial charge in [-0.15, -0.1) is 11.3 Å². The molecule has 1 amide bonds. The Balaban J connectivity index is 1.50. The molecule has 0 spiro atoms. The van der Waals surface area contributed by atoms with E-state index in [0.717, 1.165) is 32.1 Å². The van der Waals surface area contributed by atoms with E-state index < -0.39 is 0 Å². The van der Waals surface area contributed by atoms with E-state index in [0.29, 0.717) is 5.76 Å². The highest BCUT2D eigenvalue weighted by molar-refractivity contribution is 7.12. The van der Waals surface area contributed by atoms with Gasteiger partial charge in [-0.3, -0.25) is 4.79 Å². The molecule has 0 saturated carbocycles. The lowest BCUT2D eigenvalue weighted by molar-refractivity contribution is -0.121. The van der Waals surface area contributed by atoms with Gasteiger partial charge in [0.25, 0.3) is 0 Å². The Labute approximate surface area is 166 Å². The number of carbonyl (C=O) groups excluding carboxylic acids is 1. The molecule has 2 aromatic heterocycles. The van der Waals surface area contributed by atoms with Gasteiger partial charge in [-0.05, 0) is 50.2 Å². The highest BCUT2D eigenvalue weighted by Crippen LogP contribution is 2.29. The zero-order chi connectivity index (χ0) is 19.7. The fourth-order valence-electron chi connectivity index (χ4n) is 3.15. The third-order valence-electron chi connectivity index (χ3n) is 4.49. The van der Waals surface area contributed by atoms with Gasteiger partial charge in [-0.25, -0.2) is 9.37 Å². The molecule has 0 fully saturated rings. The van der Waals surface area contributed by atoms with Crippen LogP contribution < -0.4 is 5.32 Å². The van der Waals surface area contributed by atoms with Crippen molar-refractivity contribution in [2.24, 2.45) is 0 Å². The molecule has 28 heavy (non-hydrogen) atoms. The van der Waals surface area contributed by atoms with Crippen molar-refractivity contribution in [3.05, 3.63) is 76.1 Å². The van der Waals surface area contributed by atoms with Gasteiger partial charge < -0.3 is 9.73 Å². The van der Waals surface area contributed by atoms with Crippen molar-refractivity contribution in [2.75, 3.05) is 0 Å². The molecular formula is C22H19FN2O2S. The Kier molecular flexibility index (Phi) is 4.96. The number of aryl methyl sites for hydroxylation is 1. The van der Waals surface area contributed by atoms with Crippen LogP contribution >= 0.6 is 11.3 Å². The second-order valence-electron chi connectivity index (χ2n) is 6.66. The van der Waals surface area contributed by atoms with E-state index in [1.807, 2.05) is 44.2 Å². The molecule has 4 rings (SSSR count). The number of thiazole rings is 1. The van der Waals surface area contributed by atoms with E-state index in [2.05, 4.69) is 10.3 Å². The average Bonchev–Trinajstić information content (AvgIpc) is 3.25. The Morgan fingerprint density at radius 2 is 1.96 bits per heavy atom. The van der Waals surface area contributed by atoms with Crippen LogP contribution in [0.25, 0.3) is 22.2 Å². The summed E-state index contributed by atoms with van der Waals surface area (Å²) < 4.78 is 19.0. The van der Waals surface area contributed by atoms with Gasteiger partial charge in [0.05, 0.1) is 23.2 Å². The van der Waals surface area contributed by atoms with Crippen LogP contribution in [-0.2, 0) is 11.2 Å². The highest BCUT2D eigenvalue weighted by atomic mass is 32.1. The molecule has 2 aromatic carbocycles. The smallest absolute Gasteiger partial charge is 0.225 e. The van der Waals surface area contributed by atoms with Gasteiger partial charge in [-0.1, -0.05) is 18.2 Å². The van der Waals surface area contributed by atoms with Crippen LogP contribution in [0.3, 0.4) is 0 Å². The minimum atomic E-state index is -0.297. The molecule has 1 atom stereocenters. The van der Waals surface area contributed by atoms with Crippen LogP contribution in [0.15, 0.2) is 59.0 Å². The Bertz CT molecular complexity index is 1100. The maximum atomic E-state index is 13.2. The maximum absolute atomic E-state index is 13.2. The number of hydrogen-bond acceptors (Lipinski definition) is 4. The number of amides is 1. The van der Waals surface area contributed by atoms with E-state index >= 15 is 0 Å². The average molecular weight is 394 g/mol. The minimum Gasteiger partial charge on any atom is -0.459 e. The SMILES string of the molecule is Cc1nc(-c2ccc(F)cc2)c(CC(=O)NC(C)c2cc3ccccc3o2)s1. The molecule has 4 nitrogen and oxygen atoms in total. The fourth-order valence-corrected chi connectivity index (χ4v) is 4.10. The number of nitrogens with zero attached hydrogens (tertiary/aromatic N) is 1.